The quantitative estimate of drug-likeness (QED) is 0.442. The number of carbonyl (C=O) groups excluding carboxylic acids is 2. The molecule has 0 unspecified atom stereocenters. The van der Waals surface area contributed by atoms with Crippen molar-refractivity contribution in [2.24, 2.45) is 29.1 Å². The molecule has 1 atom stereocenters. The Labute approximate surface area is 189 Å². The minimum Gasteiger partial charge on any atom is -0.344 e. The Balaban J connectivity index is 1.44. The maximum absolute atomic E-state index is 13.5. The number of nitrogens with zero attached hydrogens (tertiary/aromatic N) is 1. The van der Waals surface area contributed by atoms with E-state index in [0.29, 0.717) is 29.9 Å². The highest BCUT2D eigenvalue weighted by molar-refractivity contribution is 7.99. The second kappa shape index (κ2) is 9.24. The molecule has 2 N–H and O–H groups in total. The molecular weight excluding hydrogens is 406 g/mol. The molecule has 0 spiro atoms. The fraction of sp³-hybridized carbons (Fsp3) is 0.640. The first kappa shape index (κ1) is 22.2. The van der Waals surface area contributed by atoms with E-state index in [1.165, 1.54) is 19.3 Å². The third kappa shape index (κ3) is 4.77. The third-order valence-corrected chi connectivity index (χ3v) is 8.45. The number of hydrogen-bond donors (Lipinski definition) is 2. The van der Waals surface area contributed by atoms with Crippen LogP contribution in [-0.4, -0.2) is 23.6 Å². The number of nitriles is 1. The second-order valence-electron chi connectivity index (χ2n) is 10.1. The molecule has 0 aliphatic heterocycles. The van der Waals surface area contributed by atoms with Crippen molar-refractivity contribution in [2.45, 2.75) is 69.7 Å². The highest BCUT2D eigenvalue weighted by Crippen LogP contribution is 2.60. The summed E-state index contributed by atoms with van der Waals surface area (Å²) >= 11 is 1.56. The van der Waals surface area contributed by atoms with Crippen molar-refractivity contribution in [1.29, 1.82) is 5.26 Å². The first-order valence-electron chi connectivity index (χ1n) is 11.6. The molecular formula is C25H33N3O2S. The van der Waals surface area contributed by atoms with Gasteiger partial charge in [-0.3, -0.25) is 9.59 Å². The zero-order valence-electron chi connectivity index (χ0n) is 18.5. The summed E-state index contributed by atoms with van der Waals surface area (Å²) in [4.78, 5) is 27.6. The van der Waals surface area contributed by atoms with Crippen LogP contribution in [0.5, 0.6) is 0 Å². The summed E-state index contributed by atoms with van der Waals surface area (Å²) in [5, 5.41) is 15.0. The second-order valence-corrected chi connectivity index (χ2v) is 11.3. The van der Waals surface area contributed by atoms with Crippen molar-refractivity contribution in [3.8, 4) is 6.07 Å². The van der Waals surface area contributed by atoms with Crippen LogP contribution < -0.4 is 10.6 Å². The monoisotopic (exact) mass is 439 g/mol. The number of thioether (sulfide) groups is 1. The van der Waals surface area contributed by atoms with Crippen molar-refractivity contribution >= 4 is 29.3 Å². The Morgan fingerprint density at radius 3 is 2.32 bits per heavy atom. The lowest BCUT2D eigenvalue weighted by Gasteiger charge is -2.55. The van der Waals surface area contributed by atoms with Crippen LogP contribution in [0.15, 0.2) is 29.2 Å². The van der Waals surface area contributed by atoms with E-state index in [0.717, 1.165) is 29.8 Å². The molecule has 6 heteroatoms. The Kier molecular flexibility index (Phi) is 6.62. The molecule has 4 aliphatic rings. The fourth-order valence-corrected chi connectivity index (χ4v) is 7.19. The molecule has 166 valence electrons. The van der Waals surface area contributed by atoms with Crippen molar-refractivity contribution in [1.82, 2.24) is 5.32 Å². The van der Waals surface area contributed by atoms with Gasteiger partial charge >= 0.3 is 0 Å². The average Bonchev–Trinajstić information content (AvgIpc) is 2.72. The molecule has 2 amide bonds. The van der Waals surface area contributed by atoms with Gasteiger partial charge in [0.1, 0.15) is 6.04 Å². The van der Waals surface area contributed by atoms with Crippen LogP contribution in [0.2, 0.25) is 0 Å². The third-order valence-electron chi connectivity index (χ3n) is 7.37. The predicted octanol–water partition coefficient (Wildman–Crippen LogP) is 4.99. The summed E-state index contributed by atoms with van der Waals surface area (Å²) in [5.74, 6) is 2.69. The van der Waals surface area contributed by atoms with Gasteiger partial charge in [-0.25, -0.2) is 0 Å². The standard InChI is InChI=1S/C25H33N3O2S/c1-16(2)22(23(29)27-20-6-3-4-7-21(20)31-9-5-8-26)28-24(30)25-13-17-10-18(14-25)12-19(11-17)15-25/h3-4,6-7,16-19,22H,5,9-15H2,1-2H3,(H,27,29)(H,28,30)/t17?,18?,19?,22-,25?/m1/s1. The van der Waals surface area contributed by atoms with E-state index < -0.39 is 6.04 Å². The van der Waals surface area contributed by atoms with Crippen molar-refractivity contribution in [3.05, 3.63) is 24.3 Å². The van der Waals surface area contributed by atoms with Crippen molar-refractivity contribution in [2.75, 3.05) is 11.1 Å². The molecule has 0 aromatic heterocycles. The molecule has 0 heterocycles. The summed E-state index contributed by atoms with van der Waals surface area (Å²) < 4.78 is 0. The van der Waals surface area contributed by atoms with Gasteiger partial charge in [-0.2, -0.15) is 5.26 Å². The lowest BCUT2D eigenvalue weighted by atomic mass is 9.49. The molecule has 0 radical (unpaired) electrons. The van der Waals surface area contributed by atoms with Gasteiger partial charge in [0.15, 0.2) is 0 Å². The molecule has 5 nitrogen and oxygen atoms in total. The average molecular weight is 440 g/mol. The van der Waals surface area contributed by atoms with Crippen molar-refractivity contribution < 1.29 is 9.59 Å². The van der Waals surface area contributed by atoms with E-state index in [2.05, 4.69) is 16.7 Å². The largest absolute Gasteiger partial charge is 0.344 e. The van der Waals surface area contributed by atoms with Gasteiger partial charge in [0, 0.05) is 22.5 Å². The zero-order chi connectivity index (χ0) is 22.0. The number of hydrogen-bond acceptors (Lipinski definition) is 4. The normalized spacial score (nSPS) is 29.4. The first-order valence-corrected chi connectivity index (χ1v) is 12.6. The van der Waals surface area contributed by atoms with Gasteiger partial charge in [0.05, 0.1) is 11.8 Å². The smallest absolute Gasteiger partial charge is 0.247 e. The molecule has 0 saturated heterocycles. The van der Waals surface area contributed by atoms with Crippen LogP contribution in [-0.2, 0) is 9.59 Å². The SMILES string of the molecule is CC(C)[C@@H](NC(=O)C12CC3CC(CC(C3)C1)C2)C(=O)Nc1ccccc1SCCC#N. The predicted molar refractivity (Wildman–Crippen MR) is 123 cm³/mol. The summed E-state index contributed by atoms with van der Waals surface area (Å²) in [6.07, 6.45) is 7.33. The number of para-hydroxylation sites is 1. The van der Waals surface area contributed by atoms with Crippen LogP contribution >= 0.6 is 11.8 Å². The number of benzene rings is 1. The minimum absolute atomic E-state index is 0.00346. The number of rotatable bonds is 8. The lowest BCUT2D eigenvalue weighted by Crippen LogP contribution is -2.57. The minimum atomic E-state index is -0.558. The molecule has 4 fully saturated rings. The Bertz CT molecular complexity index is 840. The Morgan fingerprint density at radius 2 is 1.74 bits per heavy atom. The van der Waals surface area contributed by atoms with Gasteiger partial charge in [-0.05, 0) is 74.3 Å². The van der Waals surface area contributed by atoms with Crippen LogP contribution in [0.25, 0.3) is 0 Å². The molecule has 4 aliphatic carbocycles. The molecule has 1 aromatic rings. The van der Waals surface area contributed by atoms with E-state index in [1.807, 2.05) is 38.1 Å². The van der Waals surface area contributed by atoms with Gasteiger partial charge in [0.2, 0.25) is 11.8 Å². The number of amides is 2. The molecule has 4 saturated carbocycles. The van der Waals surface area contributed by atoms with E-state index in [-0.39, 0.29) is 23.1 Å². The number of carbonyl (C=O) groups is 2. The van der Waals surface area contributed by atoms with Crippen LogP contribution in [0.4, 0.5) is 5.69 Å². The van der Waals surface area contributed by atoms with E-state index in [9.17, 15) is 9.59 Å². The van der Waals surface area contributed by atoms with E-state index >= 15 is 0 Å². The van der Waals surface area contributed by atoms with Crippen molar-refractivity contribution in [3.63, 3.8) is 0 Å². The Hall–Kier alpha value is -2.00. The van der Waals surface area contributed by atoms with Gasteiger partial charge in [-0.1, -0.05) is 26.0 Å². The maximum atomic E-state index is 13.5. The topological polar surface area (TPSA) is 82.0 Å². The highest BCUT2D eigenvalue weighted by atomic mass is 32.2. The number of anilines is 1. The molecule has 4 bridgehead atoms. The van der Waals surface area contributed by atoms with E-state index in [1.54, 1.807) is 11.8 Å². The highest BCUT2D eigenvalue weighted by Gasteiger charge is 2.55. The van der Waals surface area contributed by atoms with Crippen LogP contribution in [0, 0.1) is 40.4 Å². The molecule has 31 heavy (non-hydrogen) atoms. The summed E-state index contributed by atoms with van der Waals surface area (Å²) in [5.41, 5.74) is 0.484. The van der Waals surface area contributed by atoms with Gasteiger partial charge in [-0.15, -0.1) is 11.8 Å². The lowest BCUT2D eigenvalue weighted by molar-refractivity contribution is -0.148. The Morgan fingerprint density at radius 1 is 1.13 bits per heavy atom. The zero-order valence-corrected chi connectivity index (χ0v) is 19.3. The summed E-state index contributed by atoms with van der Waals surface area (Å²) in [6, 6.07) is 9.25. The van der Waals surface area contributed by atoms with Gasteiger partial charge in [0.25, 0.3) is 0 Å². The van der Waals surface area contributed by atoms with Gasteiger partial charge < -0.3 is 10.6 Å². The maximum Gasteiger partial charge on any atom is 0.247 e. The fourth-order valence-electron chi connectivity index (χ4n) is 6.33. The molecule has 1 aromatic carbocycles. The first-order chi connectivity index (χ1) is 14.9. The molecule has 5 rings (SSSR count). The van der Waals surface area contributed by atoms with Crippen LogP contribution in [0.3, 0.4) is 0 Å². The van der Waals surface area contributed by atoms with Crippen LogP contribution in [0.1, 0.15) is 58.8 Å². The summed E-state index contributed by atoms with van der Waals surface area (Å²) in [6.45, 7) is 3.97. The summed E-state index contributed by atoms with van der Waals surface area (Å²) in [7, 11) is 0. The van der Waals surface area contributed by atoms with E-state index in [4.69, 9.17) is 5.26 Å². The number of nitrogens with one attached hydrogen (secondary N) is 2.